The monoisotopic (exact) mass is 310 g/mol. The molecule has 23 heavy (non-hydrogen) atoms. The van der Waals surface area contributed by atoms with Crippen molar-refractivity contribution in [2.75, 3.05) is 0 Å². The standard InChI is InChI=1S/C17H14N2O4/c1-10(17(21)22)18-16(20)12-7-8-14-13(9-12)15(23-19-14)11-5-3-2-4-6-11/h2-10H,1H3,(H,18,20)(H,21,22)/t10-/m1/s1. The van der Waals surface area contributed by atoms with E-state index in [-0.39, 0.29) is 0 Å². The van der Waals surface area contributed by atoms with E-state index in [4.69, 9.17) is 9.63 Å². The molecular formula is C17H14N2O4. The average Bonchev–Trinajstić information content (AvgIpc) is 2.98. The molecule has 0 spiro atoms. The van der Waals surface area contributed by atoms with E-state index in [1.807, 2.05) is 30.3 Å². The van der Waals surface area contributed by atoms with Gasteiger partial charge in [0.15, 0.2) is 5.76 Å². The molecule has 0 unspecified atom stereocenters. The van der Waals surface area contributed by atoms with E-state index in [2.05, 4.69) is 10.5 Å². The van der Waals surface area contributed by atoms with Crippen LogP contribution in [0.15, 0.2) is 53.1 Å². The number of nitrogens with one attached hydrogen (secondary N) is 1. The number of benzene rings is 2. The molecule has 0 aliphatic carbocycles. The Labute approximate surface area is 131 Å². The van der Waals surface area contributed by atoms with E-state index in [0.29, 0.717) is 22.2 Å². The maximum absolute atomic E-state index is 12.1. The number of hydrogen-bond acceptors (Lipinski definition) is 4. The fourth-order valence-corrected chi connectivity index (χ4v) is 2.22. The molecule has 3 rings (SSSR count). The Bertz CT molecular complexity index is 871. The molecule has 0 saturated carbocycles. The first kappa shape index (κ1) is 14.8. The van der Waals surface area contributed by atoms with Gasteiger partial charge in [-0.3, -0.25) is 9.59 Å². The largest absolute Gasteiger partial charge is 0.480 e. The third-order valence-corrected chi connectivity index (χ3v) is 3.49. The number of carbonyl (C=O) groups is 2. The Kier molecular flexibility index (Phi) is 3.80. The molecular weight excluding hydrogens is 296 g/mol. The first-order valence-corrected chi connectivity index (χ1v) is 7.05. The summed E-state index contributed by atoms with van der Waals surface area (Å²) in [5.74, 6) is -0.974. The molecule has 0 bridgehead atoms. The number of carboxylic acids is 1. The summed E-state index contributed by atoms with van der Waals surface area (Å²) in [5.41, 5.74) is 1.84. The maximum Gasteiger partial charge on any atom is 0.325 e. The van der Waals surface area contributed by atoms with Gasteiger partial charge < -0.3 is 14.9 Å². The summed E-state index contributed by atoms with van der Waals surface area (Å²) >= 11 is 0. The molecule has 0 fully saturated rings. The number of carboxylic acid groups (broad SMARTS) is 1. The lowest BCUT2D eigenvalue weighted by atomic mass is 10.1. The second-order valence-electron chi connectivity index (χ2n) is 5.14. The number of aromatic nitrogens is 1. The predicted molar refractivity (Wildman–Crippen MR) is 84.0 cm³/mol. The van der Waals surface area contributed by atoms with Gasteiger partial charge in [0.2, 0.25) is 0 Å². The smallest absolute Gasteiger partial charge is 0.325 e. The summed E-state index contributed by atoms with van der Waals surface area (Å²) in [6.07, 6.45) is 0. The van der Waals surface area contributed by atoms with Crippen molar-refractivity contribution in [3.05, 3.63) is 54.1 Å². The normalized spacial score (nSPS) is 12.0. The molecule has 1 atom stereocenters. The number of carbonyl (C=O) groups excluding carboxylic acids is 1. The van der Waals surface area contributed by atoms with Crippen molar-refractivity contribution in [1.82, 2.24) is 10.5 Å². The van der Waals surface area contributed by atoms with Gasteiger partial charge in [-0.25, -0.2) is 0 Å². The summed E-state index contributed by atoms with van der Waals surface area (Å²) in [6, 6.07) is 13.4. The van der Waals surface area contributed by atoms with Gasteiger partial charge in [0.1, 0.15) is 11.6 Å². The lowest BCUT2D eigenvalue weighted by Gasteiger charge is -2.09. The van der Waals surface area contributed by atoms with Crippen LogP contribution in [-0.2, 0) is 4.79 Å². The Balaban J connectivity index is 1.98. The zero-order chi connectivity index (χ0) is 16.4. The van der Waals surface area contributed by atoms with Gasteiger partial charge in [-0.1, -0.05) is 35.5 Å². The minimum Gasteiger partial charge on any atom is -0.480 e. The van der Waals surface area contributed by atoms with E-state index < -0.39 is 17.9 Å². The van der Waals surface area contributed by atoms with Crippen molar-refractivity contribution in [2.24, 2.45) is 0 Å². The molecule has 0 saturated heterocycles. The zero-order valence-corrected chi connectivity index (χ0v) is 12.3. The Morgan fingerprint density at radius 1 is 1.17 bits per heavy atom. The second-order valence-corrected chi connectivity index (χ2v) is 5.14. The summed E-state index contributed by atoms with van der Waals surface area (Å²) in [5, 5.41) is 16.0. The van der Waals surface area contributed by atoms with E-state index in [1.165, 1.54) is 6.92 Å². The van der Waals surface area contributed by atoms with Gasteiger partial charge in [0.25, 0.3) is 5.91 Å². The molecule has 6 heteroatoms. The number of nitrogens with zero attached hydrogens (tertiary/aromatic N) is 1. The fourth-order valence-electron chi connectivity index (χ4n) is 2.22. The van der Waals surface area contributed by atoms with Crippen molar-refractivity contribution in [2.45, 2.75) is 13.0 Å². The summed E-state index contributed by atoms with van der Waals surface area (Å²) < 4.78 is 5.38. The van der Waals surface area contributed by atoms with Crippen molar-refractivity contribution in [1.29, 1.82) is 0 Å². The van der Waals surface area contributed by atoms with Crippen molar-refractivity contribution < 1.29 is 19.2 Å². The highest BCUT2D eigenvalue weighted by atomic mass is 16.5. The molecule has 2 aromatic carbocycles. The van der Waals surface area contributed by atoms with Crippen molar-refractivity contribution >= 4 is 22.8 Å². The lowest BCUT2D eigenvalue weighted by molar-refractivity contribution is -0.138. The summed E-state index contributed by atoms with van der Waals surface area (Å²) in [4.78, 5) is 23.0. The van der Waals surface area contributed by atoms with Crippen LogP contribution in [0.3, 0.4) is 0 Å². The molecule has 1 aromatic heterocycles. The third kappa shape index (κ3) is 2.91. The van der Waals surface area contributed by atoms with Gasteiger partial charge in [-0.15, -0.1) is 0 Å². The van der Waals surface area contributed by atoms with Gasteiger partial charge in [0.05, 0.1) is 5.39 Å². The number of amides is 1. The molecule has 116 valence electrons. The zero-order valence-electron chi connectivity index (χ0n) is 12.3. The molecule has 1 heterocycles. The molecule has 3 aromatic rings. The number of hydrogen-bond donors (Lipinski definition) is 2. The van der Waals surface area contributed by atoms with Gasteiger partial charge >= 0.3 is 5.97 Å². The van der Waals surface area contributed by atoms with Crippen LogP contribution < -0.4 is 5.32 Å². The Morgan fingerprint density at radius 3 is 2.61 bits per heavy atom. The number of aliphatic carboxylic acids is 1. The highest BCUT2D eigenvalue weighted by Crippen LogP contribution is 2.29. The average molecular weight is 310 g/mol. The summed E-state index contributed by atoms with van der Waals surface area (Å²) in [7, 11) is 0. The Hall–Kier alpha value is -3.15. The van der Waals surface area contributed by atoms with Crippen molar-refractivity contribution in [3.8, 4) is 11.3 Å². The molecule has 2 N–H and O–H groups in total. The van der Waals surface area contributed by atoms with E-state index in [1.54, 1.807) is 18.2 Å². The van der Waals surface area contributed by atoms with Crippen LogP contribution in [0.5, 0.6) is 0 Å². The van der Waals surface area contributed by atoms with Crippen LogP contribution >= 0.6 is 0 Å². The van der Waals surface area contributed by atoms with E-state index in [9.17, 15) is 9.59 Å². The quantitative estimate of drug-likeness (QED) is 0.773. The second kappa shape index (κ2) is 5.92. The third-order valence-electron chi connectivity index (χ3n) is 3.49. The Morgan fingerprint density at radius 2 is 1.91 bits per heavy atom. The SMILES string of the molecule is C[C@@H](NC(=O)c1ccc2noc(-c3ccccc3)c2c1)C(=O)O. The fraction of sp³-hybridized carbons (Fsp3) is 0.118. The predicted octanol–water partition coefficient (Wildman–Crippen LogP) is 2.70. The summed E-state index contributed by atoms with van der Waals surface area (Å²) in [6.45, 7) is 1.41. The maximum atomic E-state index is 12.1. The highest BCUT2D eigenvalue weighted by Gasteiger charge is 2.17. The molecule has 0 aliphatic rings. The van der Waals surface area contributed by atoms with Crippen LogP contribution in [-0.4, -0.2) is 28.2 Å². The van der Waals surface area contributed by atoms with Gasteiger partial charge in [-0.2, -0.15) is 0 Å². The molecule has 0 radical (unpaired) electrons. The topological polar surface area (TPSA) is 92.4 Å². The molecule has 1 amide bonds. The van der Waals surface area contributed by atoms with Crippen LogP contribution in [0, 0.1) is 0 Å². The van der Waals surface area contributed by atoms with Gasteiger partial charge in [-0.05, 0) is 25.1 Å². The molecule has 0 aliphatic heterocycles. The first-order chi connectivity index (χ1) is 11.1. The van der Waals surface area contributed by atoms with E-state index >= 15 is 0 Å². The van der Waals surface area contributed by atoms with Crippen LogP contribution in [0.2, 0.25) is 0 Å². The first-order valence-electron chi connectivity index (χ1n) is 7.05. The minimum atomic E-state index is -1.09. The van der Waals surface area contributed by atoms with E-state index in [0.717, 1.165) is 5.56 Å². The minimum absolute atomic E-state index is 0.353. The lowest BCUT2D eigenvalue weighted by Crippen LogP contribution is -2.38. The van der Waals surface area contributed by atoms with Crippen molar-refractivity contribution in [3.63, 3.8) is 0 Å². The molecule has 6 nitrogen and oxygen atoms in total. The number of rotatable bonds is 4. The van der Waals surface area contributed by atoms with Crippen LogP contribution in [0.4, 0.5) is 0 Å². The van der Waals surface area contributed by atoms with Crippen LogP contribution in [0.1, 0.15) is 17.3 Å². The van der Waals surface area contributed by atoms with Crippen LogP contribution in [0.25, 0.3) is 22.2 Å². The van der Waals surface area contributed by atoms with Gasteiger partial charge in [0, 0.05) is 11.1 Å². The number of fused-ring (bicyclic) bond motifs is 1. The highest BCUT2D eigenvalue weighted by molar-refractivity contribution is 6.02.